The van der Waals surface area contributed by atoms with Gasteiger partial charge in [-0.1, -0.05) is 19.3 Å². The number of nitrogens with zero attached hydrogens (tertiary/aromatic N) is 2. The molecule has 2 N–H and O–H groups in total. The SMILES string of the molecule is O=C(O)C1CCCCCC1Nc1ncccc1[N+](=O)[O-]. The summed E-state index contributed by atoms with van der Waals surface area (Å²) in [5, 5.41) is 23.2. The maximum atomic E-state index is 11.3. The van der Waals surface area contributed by atoms with E-state index >= 15 is 0 Å². The van der Waals surface area contributed by atoms with Crippen LogP contribution in [-0.2, 0) is 4.79 Å². The molecule has 1 aromatic rings. The first-order chi connectivity index (χ1) is 9.59. The number of carbonyl (C=O) groups is 1. The largest absolute Gasteiger partial charge is 0.481 e. The van der Waals surface area contributed by atoms with Crippen LogP contribution in [0.3, 0.4) is 0 Å². The monoisotopic (exact) mass is 279 g/mol. The first kappa shape index (κ1) is 14.2. The van der Waals surface area contributed by atoms with Crippen molar-refractivity contribution >= 4 is 17.5 Å². The molecule has 0 saturated heterocycles. The summed E-state index contributed by atoms with van der Waals surface area (Å²) in [5.74, 6) is -1.24. The second-order valence-electron chi connectivity index (χ2n) is 4.96. The highest BCUT2D eigenvalue weighted by molar-refractivity contribution is 5.72. The fourth-order valence-corrected chi connectivity index (χ4v) is 2.61. The number of anilines is 1. The number of rotatable bonds is 4. The third-order valence-electron chi connectivity index (χ3n) is 3.64. The average Bonchev–Trinajstić information content (AvgIpc) is 2.64. The molecule has 1 fully saturated rings. The van der Waals surface area contributed by atoms with Gasteiger partial charge in [0.05, 0.1) is 10.8 Å². The number of hydrogen-bond donors (Lipinski definition) is 2. The molecule has 0 aromatic carbocycles. The van der Waals surface area contributed by atoms with Crippen molar-refractivity contribution < 1.29 is 14.8 Å². The predicted octanol–water partition coefficient (Wildman–Crippen LogP) is 2.44. The van der Waals surface area contributed by atoms with Crippen LogP contribution in [0.25, 0.3) is 0 Å². The summed E-state index contributed by atoms with van der Waals surface area (Å²) in [7, 11) is 0. The lowest BCUT2D eigenvalue weighted by Crippen LogP contribution is -2.34. The summed E-state index contributed by atoms with van der Waals surface area (Å²) in [6.45, 7) is 0. The van der Waals surface area contributed by atoms with E-state index in [0.29, 0.717) is 12.8 Å². The molecular formula is C13H17N3O4. The zero-order chi connectivity index (χ0) is 14.5. The van der Waals surface area contributed by atoms with E-state index in [-0.39, 0.29) is 17.5 Å². The van der Waals surface area contributed by atoms with Crippen molar-refractivity contribution in [3.05, 3.63) is 28.4 Å². The van der Waals surface area contributed by atoms with Crippen LogP contribution in [0.2, 0.25) is 0 Å². The van der Waals surface area contributed by atoms with Gasteiger partial charge in [0.25, 0.3) is 0 Å². The lowest BCUT2D eigenvalue weighted by atomic mass is 9.95. The molecule has 0 radical (unpaired) electrons. The van der Waals surface area contributed by atoms with Gasteiger partial charge in [-0.15, -0.1) is 0 Å². The lowest BCUT2D eigenvalue weighted by molar-refractivity contribution is -0.384. The minimum Gasteiger partial charge on any atom is -0.481 e. The highest BCUT2D eigenvalue weighted by Crippen LogP contribution is 2.29. The highest BCUT2D eigenvalue weighted by Gasteiger charge is 2.31. The molecule has 108 valence electrons. The molecule has 7 heteroatoms. The Balaban J connectivity index is 2.22. The fourth-order valence-electron chi connectivity index (χ4n) is 2.61. The van der Waals surface area contributed by atoms with Crippen LogP contribution in [0.4, 0.5) is 11.5 Å². The van der Waals surface area contributed by atoms with Crippen LogP contribution in [-0.4, -0.2) is 27.0 Å². The lowest BCUT2D eigenvalue weighted by Gasteiger charge is -2.23. The minimum atomic E-state index is -0.858. The number of nitrogens with one attached hydrogen (secondary N) is 1. The Bertz CT molecular complexity index is 506. The zero-order valence-electron chi connectivity index (χ0n) is 11.0. The third-order valence-corrected chi connectivity index (χ3v) is 3.64. The van der Waals surface area contributed by atoms with Gasteiger partial charge in [-0.25, -0.2) is 4.98 Å². The number of hydrogen-bond acceptors (Lipinski definition) is 5. The van der Waals surface area contributed by atoms with Gasteiger partial charge in [0.1, 0.15) is 0 Å². The van der Waals surface area contributed by atoms with Crippen LogP contribution < -0.4 is 5.32 Å². The van der Waals surface area contributed by atoms with Gasteiger partial charge >= 0.3 is 11.7 Å². The second-order valence-corrected chi connectivity index (χ2v) is 4.96. The Morgan fingerprint density at radius 3 is 2.85 bits per heavy atom. The van der Waals surface area contributed by atoms with Gasteiger partial charge < -0.3 is 10.4 Å². The summed E-state index contributed by atoms with van der Waals surface area (Å²) >= 11 is 0. The number of aliphatic carboxylic acids is 1. The number of pyridine rings is 1. The molecule has 1 saturated carbocycles. The van der Waals surface area contributed by atoms with E-state index in [1.54, 1.807) is 0 Å². The molecule has 20 heavy (non-hydrogen) atoms. The number of nitro groups is 1. The summed E-state index contributed by atoms with van der Waals surface area (Å²) in [5.41, 5.74) is -0.124. The van der Waals surface area contributed by atoms with Crippen molar-refractivity contribution in [1.29, 1.82) is 0 Å². The summed E-state index contributed by atoms with van der Waals surface area (Å²) in [4.78, 5) is 25.7. The van der Waals surface area contributed by atoms with E-state index in [2.05, 4.69) is 10.3 Å². The summed E-state index contributed by atoms with van der Waals surface area (Å²) < 4.78 is 0. The van der Waals surface area contributed by atoms with Crippen LogP contribution in [0, 0.1) is 16.0 Å². The molecule has 2 unspecified atom stereocenters. The standard InChI is InChI=1S/C13H17N3O4/c17-13(18)9-5-2-1-3-6-10(9)15-12-11(16(19)20)7-4-8-14-12/h4,7-10H,1-3,5-6H2,(H,14,15)(H,17,18). The Kier molecular flexibility index (Phi) is 4.49. The molecule has 0 aliphatic heterocycles. The average molecular weight is 279 g/mol. The Morgan fingerprint density at radius 2 is 2.15 bits per heavy atom. The molecule has 0 amide bonds. The third kappa shape index (κ3) is 3.23. The van der Waals surface area contributed by atoms with E-state index in [1.165, 1.54) is 18.3 Å². The van der Waals surface area contributed by atoms with E-state index in [0.717, 1.165) is 19.3 Å². The van der Waals surface area contributed by atoms with Gasteiger partial charge in [-0.05, 0) is 18.9 Å². The Hall–Kier alpha value is -2.18. The van der Waals surface area contributed by atoms with Crippen LogP contribution in [0.1, 0.15) is 32.1 Å². The maximum absolute atomic E-state index is 11.3. The maximum Gasteiger partial charge on any atom is 0.311 e. The Labute approximate surface area is 116 Å². The van der Waals surface area contributed by atoms with Crippen molar-refractivity contribution in [3.8, 4) is 0 Å². The normalized spacial score (nSPS) is 22.8. The number of aromatic nitrogens is 1. The molecule has 2 rings (SSSR count). The molecule has 1 aliphatic carbocycles. The van der Waals surface area contributed by atoms with E-state index in [1.807, 2.05) is 0 Å². The molecular weight excluding hydrogens is 262 g/mol. The van der Waals surface area contributed by atoms with Gasteiger partial charge in [0, 0.05) is 18.3 Å². The molecule has 0 spiro atoms. The van der Waals surface area contributed by atoms with Gasteiger partial charge in [0.15, 0.2) is 0 Å². The topological polar surface area (TPSA) is 105 Å². The number of carboxylic acid groups (broad SMARTS) is 1. The van der Waals surface area contributed by atoms with Crippen molar-refractivity contribution in [2.75, 3.05) is 5.32 Å². The molecule has 1 aromatic heterocycles. The van der Waals surface area contributed by atoms with Crippen molar-refractivity contribution in [1.82, 2.24) is 4.98 Å². The van der Waals surface area contributed by atoms with E-state index in [9.17, 15) is 20.0 Å². The summed E-state index contributed by atoms with van der Waals surface area (Å²) in [6.07, 6.45) is 5.52. The first-order valence-electron chi connectivity index (χ1n) is 6.68. The molecule has 1 aliphatic rings. The predicted molar refractivity (Wildman–Crippen MR) is 72.5 cm³/mol. The van der Waals surface area contributed by atoms with E-state index in [4.69, 9.17) is 0 Å². The van der Waals surface area contributed by atoms with Gasteiger partial charge in [-0.3, -0.25) is 14.9 Å². The van der Waals surface area contributed by atoms with Crippen molar-refractivity contribution in [2.24, 2.45) is 5.92 Å². The molecule has 1 heterocycles. The second kappa shape index (κ2) is 6.31. The van der Waals surface area contributed by atoms with Crippen LogP contribution in [0.15, 0.2) is 18.3 Å². The zero-order valence-corrected chi connectivity index (χ0v) is 11.0. The quantitative estimate of drug-likeness (QED) is 0.498. The van der Waals surface area contributed by atoms with Crippen LogP contribution in [0.5, 0.6) is 0 Å². The summed E-state index contributed by atoms with van der Waals surface area (Å²) in [6, 6.07) is 2.54. The van der Waals surface area contributed by atoms with Gasteiger partial charge in [-0.2, -0.15) is 0 Å². The first-order valence-corrected chi connectivity index (χ1v) is 6.68. The van der Waals surface area contributed by atoms with Crippen molar-refractivity contribution in [3.63, 3.8) is 0 Å². The van der Waals surface area contributed by atoms with Crippen LogP contribution >= 0.6 is 0 Å². The smallest absolute Gasteiger partial charge is 0.311 e. The fraction of sp³-hybridized carbons (Fsp3) is 0.538. The van der Waals surface area contributed by atoms with Crippen molar-refractivity contribution in [2.45, 2.75) is 38.1 Å². The Morgan fingerprint density at radius 1 is 1.40 bits per heavy atom. The number of carboxylic acids is 1. The molecule has 0 bridgehead atoms. The minimum absolute atomic E-state index is 0.124. The molecule has 2 atom stereocenters. The highest BCUT2D eigenvalue weighted by atomic mass is 16.6. The molecule has 7 nitrogen and oxygen atoms in total. The van der Waals surface area contributed by atoms with E-state index < -0.39 is 16.8 Å². The van der Waals surface area contributed by atoms with Gasteiger partial charge in [0.2, 0.25) is 5.82 Å².